The monoisotopic (exact) mass is 274 g/mol. The molecule has 0 unspecified atom stereocenters. The molecular formula is C12H16Cl2N2O. The minimum absolute atomic E-state index is 0.0712. The van der Waals surface area contributed by atoms with Gasteiger partial charge in [0.05, 0.1) is 15.7 Å². The fraction of sp³-hybridized carbons (Fsp3) is 0.417. The van der Waals surface area contributed by atoms with Crippen LogP contribution in [-0.2, 0) is 0 Å². The van der Waals surface area contributed by atoms with E-state index in [1.807, 2.05) is 13.8 Å². The lowest BCUT2D eigenvalue weighted by atomic mass is 10.1. The van der Waals surface area contributed by atoms with Gasteiger partial charge >= 0.3 is 0 Å². The van der Waals surface area contributed by atoms with Crippen molar-refractivity contribution in [2.45, 2.75) is 20.3 Å². The Morgan fingerprint density at radius 3 is 2.24 bits per heavy atom. The van der Waals surface area contributed by atoms with Crippen LogP contribution >= 0.6 is 23.2 Å². The average molecular weight is 275 g/mol. The van der Waals surface area contributed by atoms with Gasteiger partial charge in [-0.1, -0.05) is 30.1 Å². The predicted molar refractivity (Wildman–Crippen MR) is 72.7 cm³/mol. The van der Waals surface area contributed by atoms with Crippen molar-refractivity contribution in [3.8, 4) is 0 Å². The average Bonchev–Trinajstić information content (AvgIpc) is 2.31. The van der Waals surface area contributed by atoms with E-state index in [0.29, 0.717) is 27.8 Å². The summed E-state index contributed by atoms with van der Waals surface area (Å²) in [6.07, 6.45) is 0.913. The molecule has 3 nitrogen and oxygen atoms in total. The summed E-state index contributed by atoms with van der Waals surface area (Å²) in [7, 11) is 0. The first-order valence-electron chi connectivity index (χ1n) is 5.55. The standard InChI is InChI=1S/C12H16Cl2N2O/c1-3-5-16(4-2)12(17)8-6-9(13)11(15)10(14)7-8/h6-7H,3-5,15H2,1-2H3. The fourth-order valence-electron chi connectivity index (χ4n) is 1.56. The van der Waals surface area contributed by atoms with E-state index in [9.17, 15) is 4.79 Å². The van der Waals surface area contributed by atoms with Gasteiger partial charge < -0.3 is 10.6 Å². The molecule has 0 bridgehead atoms. The first-order valence-corrected chi connectivity index (χ1v) is 6.30. The smallest absolute Gasteiger partial charge is 0.253 e. The summed E-state index contributed by atoms with van der Waals surface area (Å²) in [5.41, 5.74) is 6.41. The molecule has 0 spiro atoms. The van der Waals surface area contributed by atoms with E-state index in [1.165, 1.54) is 0 Å². The van der Waals surface area contributed by atoms with E-state index < -0.39 is 0 Å². The third-order valence-corrected chi connectivity index (χ3v) is 3.11. The molecule has 94 valence electrons. The molecule has 0 aliphatic carbocycles. The number of nitrogen functional groups attached to an aromatic ring is 1. The molecule has 0 heterocycles. The summed E-state index contributed by atoms with van der Waals surface area (Å²) < 4.78 is 0. The predicted octanol–water partition coefficient (Wildman–Crippen LogP) is 3.45. The second-order valence-electron chi connectivity index (χ2n) is 3.74. The van der Waals surface area contributed by atoms with Crippen LogP contribution in [0.15, 0.2) is 12.1 Å². The molecule has 0 fully saturated rings. The Kier molecular flexibility index (Phi) is 5.09. The van der Waals surface area contributed by atoms with Crippen molar-refractivity contribution in [2.75, 3.05) is 18.8 Å². The molecular weight excluding hydrogens is 259 g/mol. The molecule has 0 aliphatic rings. The van der Waals surface area contributed by atoms with Crippen molar-refractivity contribution in [3.05, 3.63) is 27.7 Å². The van der Waals surface area contributed by atoms with Crippen LogP contribution in [0.25, 0.3) is 0 Å². The molecule has 5 heteroatoms. The zero-order valence-electron chi connectivity index (χ0n) is 9.96. The number of hydrogen-bond acceptors (Lipinski definition) is 2. The molecule has 0 atom stereocenters. The Morgan fingerprint density at radius 1 is 1.29 bits per heavy atom. The number of amides is 1. The van der Waals surface area contributed by atoms with Gasteiger partial charge in [0.1, 0.15) is 0 Å². The molecule has 0 radical (unpaired) electrons. The Hall–Kier alpha value is -0.930. The highest BCUT2D eigenvalue weighted by molar-refractivity contribution is 6.39. The van der Waals surface area contributed by atoms with Gasteiger partial charge in [-0.2, -0.15) is 0 Å². The lowest BCUT2D eigenvalue weighted by molar-refractivity contribution is 0.0764. The van der Waals surface area contributed by atoms with Gasteiger partial charge in [-0.25, -0.2) is 0 Å². The zero-order valence-corrected chi connectivity index (χ0v) is 11.5. The zero-order chi connectivity index (χ0) is 13.0. The summed E-state index contributed by atoms with van der Waals surface area (Å²) >= 11 is 11.8. The molecule has 0 saturated carbocycles. The Labute approximate surface area is 111 Å². The van der Waals surface area contributed by atoms with Crippen molar-refractivity contribution in [1.29, 1.82) is 0 Å². The third-order valence-electron chi connectivity index (χ3n) is 2.49. The molecule has 1 amide bonds. The van der Waals surface area contributed by atoms with Crippen molar-refractivity contribution in [1.82, 2.24) is 4.90 Å². The number of nitrogens with two attached hydrogens (primary N) is 1. The molecule has 0 saturated heterocycles. The number of hydrogen-bond donors (Lipinski definition) is 1. The van der Waals surface area contributed by atoms with E-state index in [2.05, 4.69) is 0 Å². The van der Waals surface area contributed by atoms with E-state index in [-0.39, 0.29) is 5.91 Å². The number of rotatable bonds is 4. The van der Waals surface area contributed by atoms with Gasteiger partial charge in [-0.05, 0) is 25.5 Å². The highest BCUT2D eigenvalue weighted by Crippen LogP contribution is 2.29. The molecule has 1 aromatic rings. The second-order valence-corrected chi connectivity index (χ2v) is 4.55. The number of nitrogens with zero attached hydrogens (tertiary/aromatic N) is 1. The number of benzene rings is 1. The largest absolute Gasteiger partial charge is 0.396 e. The minimum atomic E-state index is -0.0712. The maximum atomic E-state index is 12.1. The van der Waals surface area contributed by atoms with E-state index in [4.69, 9.17) is 28.9 Å². The normalized spacial score (nSPS) is 10.4. The van der Waals surface area contributed by atoms with Crippen LogP contribution in [0, 0.1) is 0 Å². The molecule has 17 heavy (non-hydrogen) atoms. The summed E-state index contributed by atoms with van der Waals surface area (Å²) in [5.74, 6) is -0.0712. The van der Waals surface area contributed by atoms with Crippen LogP contribution in [0.1, 0.15) is 30.6 Å². The van der Waals surface area contributed by atoms with Gasteiger partial charge in [-0.15, -0.1) is 0 Å². The van der Waals surface area contributed by atoms with Gasteiger partial charge in [0, 0.05) is 18.7 Å². The minimum Gasteiger partial charge on any atom is -0.396 e. The first kappa shape index (κ1) is 14.1. The topological polar surface area (TPSA) is 46.3 Å². The molecule has 2 N–H and O–H groups in total. The molecule has 1 rings (SSSR count). The van der Waals surface area contributed by atoms with E-state index in [0.717, 1.165) is 13.0 Å². The SMILES string of the molecule is CCCN(CC)C(=O)c1cc(Cl)c(N)c(Cl)c1. The lowest BCUT2D eigenvalue weighted by Crippen LogP contribution is -2.31. The quantitative estimate of drug-likeness (QED) is 0.855. The van der Waals surface area contributed by atoms with Crippen LogP contribution < -0.4 is 5.73 Å². The van der Waals surface area contributed by atoms with Crippen LogP contribution in [0.2, 0.25) is 10.0 Å². The number of anilines is 1. The second kappa shape index (κ2) is 6.12. The maximum Gasteiger partial charge on any atom is 0.253 e. The van der Waals surface area contributed by atoms with Crippen molar-refractivity contribution in [2.24, 2.45) is 0 Å². The Balaban J connectivity index is 3.03. The molecule has 0 aromatic heterocycles. The van der Waals surface area contributed by atoms with Crippen molar-refractivity contribution < 1.29 is 4.79 Å². The molecule has 1 aromatic carbocycles. The van der Waals surface area contributed by atoms with Crippen LogP contribution in [-0.4, -0.2) is 23.9 Å². The van der Waals surface area contributed by atoms with Gasteiger partial charge in [0.2, 0.25) is 0 Å². The summed E-state index contributed by atoms with van der Waals surface area (Å²) in [4.78, 5) is 13.9. The summed E-state index contributed by atoms with van der Waals surface area (Å²) in [6.45, 7) is 5.34. The maximum absolute atomic E-state index is 12.1. The van der Waals surface area contributed by atoms with Gasteiger partial charge in [0.25, 0.3) is 5.91 Å². The number of halogens is 2. The fourth-order valence-corrected chi connectivity index (χ4v) is 2.05. The van der Waals surface area contributed by atoms with E-state index >= 15 is 0 Å². The number of carbonyl (C=O) groups is 1. The number of carbonyl (C=O) groups excluding carboxylic acids is 1. The molecule has 0 aliphatic heterocycles. The van der Waals surface area contributed by atoms with Crippen LogP contribution in [0.5, 0.6) is 0 Å². The summed E-state index contributed by atoms with van der Waals surface area (Å²) in [6, 6.07) is 3.12. The van der Waals surface area contributed by atoms with Crippen LogP contribution in [0.3, 0.4) is 0 Å². The van der Waals surface area contributed by atoms with Crippen molar-refractivity contribution in [3.63, 3.8) is 0 Å². The highest BCUT2D eigenvalue weighted by atomic mass is 35.5. The van der Waals surface area contributed by atoms with Gasteiger partial charge in [0.15, 0.2) is 0 Å². The Morgan fingerprint density at radius 2 is 1.82 bits per heavy atom. The van der Waals surface area contributed by atoms with Gasteiger partial charge in [-0.3, -0.25) is 4.79 Å². The first-order chi connectivity index (χ1) is 8.01. The summed E-state index contributed by atoms with van der Waals surface area (Å²) in [5, 5.41) is 0.627. The lowest BCUT2D eigenvalue weighted by Gasteiger charge is -2.20. The highest BCUT2D eigenvalue weighted by Gasteiger charge is 2.16. The Bertz CT molecular complexity index is 398. The van der Waals surface area contributed by atoms with Crippen molar-refractivity contribution >= 4 is 34.8 Å². The van der Waals surface area contributed by atoms with Crippen LogP contribution in [0.4, 0.5) is 5.69 Å². The third kappa shape index (κ3) is 3.27. The van der Waals surface area contributed by atoms with E-state index in [1.54, 1.807) is 17.0 Å².